The number of hydrogen-bond acceptors (Lipinski definition) is 10. The molecule has 0 aromatic heterocycles. The lowest BCUT2D eigenvalue weighted by molar-refractivity contribution is -0.161. The van der Waals surface area contributed by atoms with Crippen LogP contribution in [0.3, 0.4) is 0 Å². The molecule has 0 fully saturated rings. The lowest BCUT2D eigenvalue weighted by atomic mass is 10.1. The number of ether oxygens (including phenoxy) is 2. The van der Waals surface area contributed by atoms with Crippen molar-refractivity contribution in [3.63, 3.8) is 0 Å². The van der Waals surface area contributed by atoms with Gasteiger partial charge in [0.15, 0.2) is 6.10 Å². The zero-order valence-electron chi connectivity index (χ0n) is 34.8. The molecule has 0 rings (SSSR count). The number of rotatable bonds is 38. The van der Waals surface area contributed by atoms with E-state index in [2.05, 4.69) is 67.0 Å². The van der Waals surface area contributed by atoms with Gasteiger partial charge >= 0.3 is 25.7 Å². The number of allylic oxidation sites excluding steroid dienone is 11. The molecule has 4 atom stereocenters. The maximum absolute atomic E-state index is 12.6. The highest BCUT2D eigenvalue weighted by atomic mass is 31.2. The van der Waals surface area contributed by atoms with Crippen LogP contribution < -0.4 is 5.73 Å². The van der Waals surface area contributed by atoms with Gasteiger partial charge < -0.3 is 30.3 Å². The maximum Gasteiger partial charge on any atom is 0.472 e. The topological polar surface area (TPSA) is 192 Å². The van der Waals surface area contributed by atoms with Crippen LogP contribution in [0.15, 0.2) is 72.9 Å². The van der Waals surface area contributed by atoms with Crippen LogP contribution in [0.4, 0.5) is 0 Å². The first-order chi connectivity index (χ1) is 27.5. The number of aliphatic carboxylic acids is 1. The molecule has 5 N–H and O–H groups in total. The lowest BCUT2D eigenvalue weighted by Crippen LogP contribution is -2.34. The standard InChI is InChI=1S/C44H74NO11P/c1-3-5-7-9-11-13-15-17-18-20-22-24-26-28-30-34-43(48)56-40(37-54-57(51,52)55-38-41(45)44(49)50)36-53-42(47)35-31-33-39(46)32-29-27-25-23-21-19-16-14-12-10-8-6-4-2/h5,7,11,13,17-19,21,25,27,29,32,39-41,46H,3-4,6,8-10,12,14-16,20,22-24,26,28,30-31,33-38,45H2,1-2H3,(H,49,50)(H,51,52)/b7-5-,13-11-,18-17-,21-19+,27-25+,32-29+/t39?,40-,41+/m1/s1. The minimum atomic E-state index is -4.77. The van der Waals surface area contributed by atoms with E-state index in [-0.39, 0.29) is 12.8 Å². The van der Waals surface area contributed by atoms with Gasteiger partial charge in [0.25, 0.3) is 0 Å². The van der Waals surface area contributed by atoms with E-state index >= 15 is 0 Å². The van der Waals surface area contributed by atoms with Crippen LogP contribution in [0.1, 0.15) is 149 Å². The van der Waals surface area contributed by atoms with Crippen molar-refractivity contribution < 1.29 is 52.6 Å². The molecular formula is C44H74NO11P. The number of hydrogen-bond donors (Lipinski definition) is 4. The number of unbranched alkanes of at least 4 members (excludes halogenated alkanes) is 11. The molecule has 0 spiro atoms. The number of nitrogens with two attached hydrogens (primary N) is 1. The van der Waals surface area contributed by atoms with Crippen molar-refractivity contribution >= 4 is 25.7 Å². The Labute approximate surface area is 343 Å². The third-order valence-corrected chi connectivity index (χ3v) is 9.49. The molecule has 0 amide bonds. The van der Waals surface area contributed by atoms with Crippen molar-refractivity contribution in [1.82, 2.24) is 0 Å². The van der Waals surface area contributed by atoms with E-state index in [0.29, 0.717) is 19.3 Å². The monoisotopic (exact) mass is 823 g/mol. The van der Waals surface area contributed by atoms with Gasteiger partial charge in [-0.05, 0) is 70.6 Å². The second-order valence-electron chi connectivity index (χ2n) is 13.9. The van der Waals surface area contributed by atoms with E-state index in [1.807, 2.05) is 12.2 Å². The van der Waals surface area contributed by atoms with Gasteiger partial charge in [-0.25, -0.2) is 4.57 Å². The number of aliphatic hydroxyl groups is 1. The first kappa shape index (κ1) is 53.9. The number of carbonyl (C=O) groups excluding carboxylic acids is 2. The average molecular weight is 824 g/mol. The molecule has 0 saturated heterocycles. The summed E-state index contributed by atoms with van der Waals surface area (Å²) >= 11 is 0. The zero-order chi connectivity index (χ0) is 42.2. The molecule has 326 valence electrons. The van der Waals surface area contributed by atoms with Crippen molar-refractivity contribution in [1.29, 1.82) is 0 Å². The predicted octanol–water partition coefficient (Wildman–Crippen LogP) is 9.92. The predicted molar refractivity (Wildman–Crippen MR) is 227 cm³/mol. The number of aliphatic hydroxyl groups excluding tert-OH is 1. The first-order valence-corrected chi connectivity index (χ1v) is 22.6. The van der Waals surface area contributed by atoms with Gasteiger partial charge in [0.1, 0.15) is 12.6 Å². The molecule has 0 aliphatic rings. The van der Waals surface area contributed by atoms with E-state index in [1.54, 1.807) is 12.2 Å². The number of carboxylic acids is 1. The SMILES string of the molecule is CC/C=C\C/C=C\C/C=C\CCCCCCCC(=O)O[C@H](COC(=O)CCCC(O)/C=C/C=C/C/C=C/CCCCCCCC)COP(=O)(O)OC[C@H](N)C(=O)O. The van der Waals surface area contributed by atoms with Crippen molar-refractivity contribution in [2.75, 3.05) is 19.8 Å². The summed E-state index contributed by atoms with van der Waals surface area (Å²) < 4.78 is 32.5. The fourth-order valence-corrected chi connectivity index (χ4v) is 5.98. The summed E-state index contributed by atoms with van der Waals surface area (Å²) in [6.45, 7) is 2.45. The number of esters is 2. The Morgan fingerprint density at radius 2 is 1.19 bits per heavy atom. The molecule has 2 unspecified atom stereocenters. The van der Waals surface area contributed by atoms with E-state index in [1.165, 1.54) is 38.5 Å². The number of carbonyl (C=O) groups is 3. The molecule has 12 nitrogen and oxygen atoms in total. The minimum Gasteiger partial charge on any atom is -0.480 e. The van der Waals surface area contributed by atoms with Crippen LogP contribution in [0.5, 0.6) is 0 Å². The first-order valence-electron chi connectivity index (χ1n) is 21.1. The van der Waals surface area contributed by atoms with Gasteiger partial charge in [-0.3, -0.25) is 23.4 Å². The van der Waals surface area contributed by atoms with Crippen molar-refractivity contribution in [3.05, 3.63) is 72.9 Å². The number of carboxylic acid groups (broad SMARTS) is 1. The maximum atomic E-state index is 12.6. The van der Waals surface area contributed by atoms with Crippen LogP contribution in [0.25, 0.3) is 0 Å². The largest absolute Gasteiger partial charge is 0.480 e. The molecule has 0 radical (unpaired) electrons. The Morgan fingerprint density at radius 3 is 1.82 bits per heavy atom. The molecule has 0 aliphatic heterocycles. The molecular weight excluding hydrogens is 749 g/mol. The minimum absolute atomic E-state index is 0.00980. The van der Waals surface area contributed by atoms with E-state index < -0.39 is 63.8 Å². The summed E-state index contributed by atoms with van der Waals surface area (Å²) in [4.78, 5) is 45.9. The normalized spacial score (nSPS) is 15.0. The summed E-state index contributed by atoms with van der Waals surface area (Å²) in [7, 11) is -4.77. The molecule has 0 aromatic rings. The van der Waals surface area contributed by atoms with Gasteiger partial charge in [-0.2, -0.15) is 0 Å². The lowest BCUT2D eigenvalue weighted by Gasteiger charge is -2.20. The van der Waals surface area contributed by atoms with Crippen LogP contribution in [-0.4, -0.2) is 71.1 Å². The molecule has 0 bridgehead atoms. The zero-order valence-corrected chi connectivity index (χ0v) is 35.7. The summed E-state index contributed by atoms with van der Waals surface area (Å²) in [6.07, 6.45) is 41.4. The molecule has 0 heterocycles. The van der Waals surface area contributed by atoms with E-state index in [0.717, 1.165) is 64.2 Å². The number of phosphoric acid groups is 1. The van der Waals surface area contributed by atoms with Gasteiger partial charge in [-0.15, -0.1) is 0 Å². The van der Waals surface area contributed by atoms with Crippen LogP contribution >= 0.6 is 7.82 Å². The van der Waals surface area contributed by atoms with Crippen LogP contribution in [0.2, 0.25) is 0 Å². The van der Waals surface area contributed by atoms with Gasteiger partial charge in [0, 0.05) is 12.8 Å². The summed E-state index contributed by atoms with van der Waals surface area (Å²) in [5.74, 6) is -2.63. The average Bonchev–Trinajstić information content (AvgIpc) is 3.18. The van der Waals surface area contributed by atoms with Crippen molar-refractivity contribution in [2.45, 2.75) is 167 Å². The second-order valence-corrected chi connectivity index (χ2v) is 15.4. The Morgan fingerprint density at radius 1 is 0.649 bits per heavy atom. The van der Waals surface area contributed by atoms with Gasteiger partial charge in [0.05, 0.1) is 19.3 Å². The second kappa shape index (κ2) is 38.4. The summed E-state index contributed by atoms with van der Waals surface area (Å²) in [6, 6.07) is -1.55. The highest BCUT2D eigenvalue weighted by molar-refractivity contribution is 7.47. The Bertz CT molecular complexity index is 1260. The molecule has 0 aliphatic carbocycles. The van der Waals surface area contributed by atoms with Gasteiger partial charge in [-0.1, -0.05) is 138 Å². The Balaban J connectivity index is 4.61. The molecule has 13 heteroatoms. The number of phosphoric ester groups is 1. The highest BCUT2D eigenvalue weighted by Crippen LogP contribution is 2.43. The van der Waals surface area contributed by atoms with E-state index in [4.69, 9.17) is 24.8 Å². The Hall–Kier alpha value is -3.12. The highest BCUT2D eigenvalue weighted by Gasteiger charge is 2.28. The summed E-state index contributed by atoms with van der Waals surface area (Å²) in [5.41, 5.74) is 5.32. The van der Waals surface area contributed by atoms with Gasteiger partial charge in [0.2, 0.25) is 0 Å². The molecule has 0 aromatic carbocycles. The third kappa shape index (κ3) is 38.2. The van der Waals surface area contributed by atoms with Crippen LogP contribution in [-0.2, 0) is 37.5 Å². The fourth-order valence-electron chi connectivity index (χ4n) is 5.20. The van der Waals surface area contributed by atoms with E-state index in [9.17, 15) is 28.9 Å². The van der Waals surface area contributed by atoms with Crippen molar-refractivity contribution in [3.8, 4) is 0 Å². The Kier molecular flexibility index (Phi) is 36.3. The fraction of sp³-hybridized carbons (Fsp3) is 0.659. The molecule has 0 saturated carbocycles. The summed E-state index contributed by atoms with van der Waals surface area (Å²) in [5, 5.41) is 19.1. The molecule has 57 heavy (non-hydrogen) atoms. The quantitative estimate of drug-likeness (QED) is 0.0152. The third-order valence-electron chi connectivity index (χ3n) is 8.54. The smallest absolute Gasteiger partial charge is 0.472 e. The van der Waals surface area contributed by atoms with Crippen LogP contribution in [0, 0.1) is 0 Å². The van der Waals surface area contributed by atoms with Crippen molar-refractivity contribution in [2.24, 2.45) is 5.73 Å².